The van der Waals surface area contributed by atoms with Crippen molar-refractivity contribution in [2.24, 2.45) is 0 Å². The molecule has 1 saturated carbocycles. The third-order valence-electron chi connectivity index (χ3n) is 6.08. The molecule has 1 aromatic carbocycles. The Kier molecular flexibility index (Phi) is 6.51. The molecule has 4 rings (SSSR count). The predicted molar refractivity (Wildman–Crippen MR) is 112 cm³/mol. The van der Waals surface area contributed by atoms with E-state index in [4.69, 9.17) is 16.3 Å². The molecule has 0 aromatic heterocycles. The van der Waals surface area contributed by atoms with Gasteiger partial charge in [-0.15, -0.1) is 0 Å². The summed E-state index contributed by atoms with van der Waals surface area (Å²) >= 11 is 8.49. The molecular weight excluding hydrogens is 380 g/mol. The number of thioether (sulfide) groups is 1. The summed E-state index contributed by atoms with van der Waals surface area (Å²) in [4.78, 5) is 15.0. The Hall–Kier alpha value is -0.910. The summed E-state index contributed by atoms with van der Waals surface area (Å²) < 4.78 is 6.17. The average Bonchev–Trinajstić information content (AvgIpc) is 3.38. The first-order chi connectivity index (χ1) is 13.2. The fourth-order valence-electron chi connectivity index (χ4n) is 4.42. The fourth-order valence-corrected chi connectivity index (χ4v) is 5.90. The SMILES string of the molecule is O=C(NC1CCCC1)c1ccc(OC2CCN([C@@H]3CCSC3)CC2)c(Cl)c1. The van der Waals surface area contributed by atoms with Gasteiger partial charge in [-0.2, -0.15) is 11.8 Å². The van der Waals surface area contributed by atoms with Gasteiger partial charge in [0.05, 0.1) is 5.02 Å². The number of rotatable bonds is 5. The molecule has 2 saturated heterocycles. The van der Waals surface area contributed by atoms with Crippen LogP contribution in [0, 0.1) is 0 Å². The Labute approximate surface area is 171 Å². The minimum Gasteiger partial charge on any atom is -0.489 e. The first-order valence-electron chi connectivity index (χ1n) is 10.3. The molecule has 0 spiro atoms. The summed E-state index contributed by atoms with van der Waals surface area (Å²) in [5, 5.41) is 3.64. The van der Waals surface area contributed by atoms with Crippen LogP contribution in [-0.2, 0) is 0 Å². The molecule has 27 heavy (non-hydrogen) atoms. The van der Waals surface area contributed by atoms with Crippen molar-refractivity contribution >= 4 is 29.3 Å². The van der Waals surface area contributed by atoms with Gasteiger partial charge in [-0.25, -0.2) is 0 Å². The van der Waals surface area contributed by atoms with Crippen LogP contribution in [0.4, 0.5) is 0 Å². The molecule has 0 radical (unpaired) electrons. The minimum atomic E-state index is -0.0295. The van der Waals surface area contributed by atoms with E-state index >= 15 is 0 Å². The van der Waals surface area contributed by atoms with Crippen molar-refractivity contribution in [2.75, 3.05) is 24.6 Å². The molecule has 6 heteroatoms. The van der Waals surface area contributed by atoms with E-state index in [1.807, 2.05) is 12.1 Å². The molecule has 1 N–H and O–H groups in total. The van der Waals surface area contributed by atoms with E-state index in [1.54, 1.807) is 6.07 Å². The smallest absolute Gasteiger partial charge is 0.251 e. The lowest BCUT2D eigenvalue weighted by Crippen LogP contribution is -2.44. The van der Waals surface area contributed by atoms with Crippen molar-refractivity contribution in [3.05, 3.63) is 28.8 Å². The number of hydrogen-bond acceptors (Lipinski definition) is 4. The fraction of sp³-hybridized carbons (Fsp3) is 0.667. The zero-order valence-electron chi connectivity index (χ0n) is 15.8. The normalized spacial score (nSPS) is 25.0. The molecule has 0 bridgehead atoms. The number of benzene rings is 1. The lowest BCUT2D eigenvalue weighted by molar-refractivity contribution is 0.0817. The van der Waals surface area contributed by atoms with E-state index in [2.05, 4.69) is 22.0 Å². The van der Waals surface area contributed by atoms with E-state index < -0.39 is 0 Å². The highest BCUT2D eigenvalue weighted by molar-refractivity contribution is 7.99. The van der Waals surface area contributed by atoms with Gasteiger partial charge >= 0.3 is 0 Å². The second kappa shape index (κ2) is 9.06. The second-order valence-corrected chi connectivity index (χ2v) is 9.53. The quantitative estimate of drug-likeness (QED) is 0.785. The van der Waals surface area contributed by atoms with Crippen LogP contribution < -0.4 is 10.1 Å². The predicted octanol–water partition coefficient (Wildman–Crippen LogP) is 4.36. The van der Waals surface area contributed by atoms with E-state index in [-0.39, 0.29) is 12.0 Å². The largest absolute Gasteiger partial charge is 0.489 e. The Morgan fingerprint density at radius 2 is 1.93 bits per heavy atom. The number of likely N-dealkylation sites (tertiary alicyclic amines) is 1. The van der Waals surface area contributed by atoms with Gasteiger partial charge in [0.25, 0.3) is 5.91 Å². The zero-order chi connectivity index (χ0) is 18.6. The van der Waals surface area contributed by atoms with Crippen LogP contribution in [0.1, 0.15) is 55.3 Å². The molecule has 1 amide bonds. The van der Waals surface area contributed by atoms with Crippen LogP contribution in [0.5, 0.6) is 5.75 Å². The molecular formula is C21H29ClN2O2S. The minimum absolute atomic E-state index is 0.0295. The summed E-state index contributed by atoms with van der Waals surface area (Å²) in [6, 6.07) is 6.50. The molecule has 1 atom stereocenters. The van der Waals surface area contributed by atoms with Gasteiger partial charge in [-0.05, 0) is 56.1 Å². The summed E-state index contributed by atoms with van der Waals surface area (Å²) in [5.74, 6) is 3.25. The number of nitrogens with one attached hydrogen (secondary N) is 1. The molecule has 4 nitrogen and oxygen atoms in total. The molecule has 2 heterocycles. The topological polar surface area (TPSA) is 41.6 Å². The van der Waals surface area contributed by atoms with Crippen LogP contribution in [0.3, 0.4) is 0 Å². The first kappa shape index (κ1) is 19.4. The Morgan fingerprint density at radius 3 is 2.59 bits per heavy atom. The van der Waals surface area contributed by atoms with Crippen LogP contribution in [-0.4, -0.2) is 53.6 Å². The number of hydrogen-bond donors (Lipinski definition) is 1. The van der Waals surface area contributed by atoms with Crippen molar-refractivity contribution in [3.8, 4) is 5.75 Å². The van der Waals surface area contributed by atoms with E-state index in [9.17, 15) is 4.79 Å². The van der Waals surface area contributed by atoms with Crippen LogP contribution >= 0.6 is 23.4 Å². The Morgan fingerprint density at radius 1 is 1.15 bits per heavy atom. The van der Waals surface area contributed by atoms with Gasteiger partial charge in [0.2, 0.25) is 0 Å². The van der Waals surface area contributed by atoms with E-state index in [1.165, 1.54) is 30.8 Å². The summed E-state index contributed by atoms with van der Waals surface area (Å²) in [6.45, 7) is 2.21. The summed E-state index contributed by atoms with van der Waals surface area (Å²) in [7, 11) is 0. The number of carbonyl (C=O) groups excluding carboxylic acids is 1. The van der Waals surface area contributed by atoms with Crippen molar-refractivity contribution in [1.29, 1.82) is 0 Å². The van der Waals surface area contributed by atoms with Gasteiger partial charge in [0, 0.05) is 36.5 Å². The Balaban J connectivity index is 1.29. The maximum atomic E-state index is 12.4. The number of ether oxygens (including phenoxy) is 1. The summed E-state index contributed by atoms with van der Waals surface area (Å²) in [5.41, 5.74) is 0.618. The van der Waals surface area contributed by atoms with Crippen molar-refractivity contribution in [1.82, 2.24) is 10.2 Å². The van der Waals surface area contributed by atoms with Gasteiger partial charge in [0.15, 0.2) is 0 Å². The average molecular weight is 409 g/mol. The van der Waals surface area contributed by atoms with Gasteiger partial charge < -0.3 is 10.1 Å². The molecule has 1 aromatic rings. The van der Waals surface area contributed by atoms with Crippen LogP contribution in [0.15, 0.2) is 18.2 Å². The third kappa shape index (κ3) is 4.93. The number of carbonyl (C=O) groups is 1. The molecule has 1 aliphatic carbocycles. The number of piperidine rings is 1. The number of nitrogens with zero attached hydrogens (tertiary/aromatic N) is 1. The lowest BCUT2D eigenvalue weighted by atomic mass is 10.0. The monoisotopic (exact) mass is 408 g/mol. The number of halogens is 1. The Bertz CT molecular complexity index is 652. The van der Waals surface area contributed by atoms with E-state index in [0.29, 0.717) is 22.4 Å². The van der Waals surface area contributed by atoms with E-state index in [0.717, 1.165) is 44.8 Å². The van der Waals surface area contributed by atoms with Crippen molar-refractivity contribution in [2.45, 2.75) is 63.1 Å². The molecule has 2 aliphatic heterocycles. The third-order valence-corrected chi connectivity index (χ3v) is 7.52. The second-order valence-electron chi connectivity index (χ2n) is 7.97. The van der Waals surface area contributed by atoms with Gasteiger partial charge in [-0.3, -0.25) is 9.69 Å². The summed E-state index contributed by atoms with van der Waals surface area (Å²) in [6.07, 6.45) is 8.20. The standard InChI is InChI=1S/C21H29ClN2O2S/c22-19-13-15(21(25)23-16-3-1-2-4-16)5-6-20(19)26-18-7-10-24(11-8-18)17-9-12-27-14-17/h5-6,13,16-18H,1-4,7-12,14H2,(H,23,25)/t17-/m1/s1. The zero-order valence-corrected chi connectivity index (χ0v) is 17.4. The number of amides is 1. The molecule has 3 aliphatic rings. The van der Waals surface area contributed by atoms with Gasteiger partial charge in [0.1, 0.15) is 11.9 Å². The molecule has 3 fully saturated rings. The lowest BCUT2D eigenvalue weighted by Gasteiger charge is -2.35. The van der Waals surface area contributed by atoms with Crippen molar-refractivity contribution in [3.63, 3.8) is 0 Å². The van der Waals surface area contributed by atoms with Crippen LogP contribution in [0.25, 0.3) is 0 Å². The highest BCUT2D eigenvalue weighted by Gasteiger charge is 2.28. The first-order valence-corrected chi connectivity index (χ1v) is 11.8. The molecule has 148 valence electrons. The maximum absolute atomic E-state index is 12.4. The highest BCUT2D eigenvalue weighted by atomic mass is 35.5. The van der Waals surface area contributed by atoms with Crippen LogP contribution in [0.2, 0.25) is 5.02 Å². The maximum Gasteiger partial charge on any atom is 0.251 e. The van der Waals surface area contributed by atoms with Gasteiger partial charge in [-0.1, -0.05) is 24.4 Å². The molecule has 0 unspecified atom stereocenters. The van der Waals surface area contributed by atoms with Crippen molar-refractivity contribution < 1.29 is 9.53 Å². The highest BCUT2D eigenvalue weighted by Crippen LogP contribution is 2.30.